The standard InChI is InChI=1S/C17H20ClN3O/c18-16-4-2-1-3-15(16)17(22)13-20-9-11-21(12-10-20)14-5-7-19-8-6-14/h1-8,17,22H,9-13H2/t17-/m1/s1. The average Bonchev–Trinajstić information content (AvgIpc) is 2.57. The van der Waals surface area contributed by atoms with E-state index in [0.29, 0.717) is 11.6 Å². The average molecular weight is 318 g/mol. The number of aliphatic hydroxyl groups is 1. The Kier molecular flexibility index (Phi) is 4.93. The van der Waals surface area contributed by atoms with E-state index in [1.54, 1.807) is 0 Å². The Balaban J connectivity index is 1.55. The molecule has 3 rings (SSSR count). The lowest BCUT2D eigenvalue weighted by Crippen LogP contribution is -2.47. The molecule has 0 amide bonds. The SMILES string of the molecule is O[C@H](CN1CCN(c2ccncc2)CC1)c1ccccc1Cl. The summed E-state index contributed by atoms with van der Waals surface area (Å²) in [7, 11) is 0. The molecule has 2 heterocycles. The number of aliphatic hydroxyl groups excluding tert-OH is 1. The lowest BCUT2D eigenvalue weighted by Gasteiger charge is -2.36. The van der Waals surface area contributed by atoms with Crippen molar-refractivity contribution in [2.75, 3.05) is 37.6 Å². The molecule has 1 aliphatic rings. The van der Waals surface area contributed by atoms with Crippen molar-refractivity contribution < 1.29 is 5.11 Å². The number of halogens is 1. The minimum absolute atomic E-state index is 0.541. The van der Waals surface area contributed by atoms with Crippen molar-refractivity contribution in [2.24, 2.45) is 0 Å². The summed E-state index contributed by atoms with van der Waals surface area (Å²) in [5.74, 6) is 0. The van der Waals surface area contributed by atoms with Crippen LogP contribution in [0.25, 0.3) is 0 Å². The minimum atomic E-state index is -0.541. The van der Waals surface area contributed by atoms with Gasteiger partial charge in [-0.3, -0.25) is 9.88 Å². The number of benzene rings is 1. The molecule has 0 unspecified atom stereocenters. The number of rotatable bonds is 4. The maximum atomic E-state index is 10.4. The highest BCUT2D eigenvalue weighted by Gasteiger charge is 2.21. The van der Waals surface area contributed by atoms with Gasteiger partial charge >= 0.3 is 0 Å². The molecule has 1 aromatic heterocycles. The highest BCUT2D eigenvalue weighted by Crippen LogP contribution is 2.24. The van der Waals surface area contributed by atoms with Crippen LogP contribution in [-0.2, 0) is 0 Å². The second kappa shape index (κ2) is 7.09. The molecule has 1 aliphatic heterocycles. The summed E-state index contributed by atoms with van der Waals surface area (Å²) in [6.07, 6.45) is 3.10. The summed E-state index contributed by atoms with van der Waals surface area (Å²) in [5, 5.41) is 11.0. The van der Waals surface area contributed by atoms with E-state index in [2.05, 4.69) is 14.8 Å². The van der Waals surface area contributed by atoms with Crippen molar-refractivity contribution >= 4 is 17.3 Å². The Labute approximate surface area is 136 Å². The zero-order valence-corrected chi connectivity index (χ0v) is 13.2. The fourth-order valence-corrected chi connectivity index (χ4v) is 3.09. The highest BCUT2D eigenvalue weighted by molar-refractivity contribution is 6.31. The summed E-state index contributed by atoms with van der Waals surface area (Å²) >= 11 is 6.15. The Bertz CT molecular complexity index is 600. The summed E-state index contributed by atoms with van der Waals surface area (Å²) in [6, 6.07) is 11.6. The number of β-amino-alcohol motifs (C(OH)–C–C–N with tert-alkyl or cyclic N) is 1. The molecule has 0 aliphatic carbocycles. The lowest BCUT2D eigenvalue weighted by molar-refractivity contribution is 0.109. The molecule has 0 radical (unpaired) electrons. The zero-order valence-electron chi connectivity index (χ0n) is 12.4. The first-order chi connectivity index (χ1) is 10.7. The van der Waals surface area contributed by atoms with Crippen LogP contribution in [0, 0.1) is 0 Å². The molecular weight excluding hydrogens is 298 g/mol. The number of aromatic nitrogens is 1. The van der Waals surface area contributed by atoms with E-state index in [0.717, 1.165) is 31.7 Å². The van der Waals surface area contributed by atoms with E-state index in [4.69, 9.17) is 11.6 Å². The summed E-state index contributed by atoms with van der Waals surface area (Å²) in [4.78, 5) is 8.68. The third-order valence-corrected chi connectivity index (χ3v) is 4.44. The Morgan fingerprint density at radius 1 is 1.05 bits per heavy atom. The molecule has 1 atom stereocenters. The van der Waals surface area contributed by atoms with Gasteiger partial charge in [-0.2, -0.15) is 0 Å². The number of pyridine rings is 1. The van der Waals surface area contributed by atoms with Crippen LogP contribution in [0.4, 0.5) is 5.69 Å². The molecule has 22 heavy (non-hydrogen) atoms. The van der Waals surface area contributed by atoms with Gasteiger partial charge in [0.2, 0.25) is 0 Å². The Hall–Kier alpha value is -1.62. The van der Waals surface area contributed by atoms with Crippen LogP contribution in [0.3, 0.4) is 0 Å². The molecule has 1 fully saturated rings. The summed E-state index contributed by atoms with van der Waals surface area (Å²) < 4.78 is 0. The predicted octanol–water partition coefficient (Wildman–Crippen LogP) is 2.59. The summed E-state index contributed by atoms with van der Waals surface area (Å²) in [5.41, 5.74) is 2.02. The van der Waals surface area contributed by atoms with Gasteiger partial charge in [-0.05, 0) is 18.2 Å². The molecule has 1 saturated heterocycles. The van der Waals surface area contributed by atoms with Crippen LogP contribution in [0.5, 0.6) is 0 Å². The van der Waals surface area contributed by atoms with Gasteiger partial charge in [-0.25, -0.2) is 0 Å². The number of hydrogen-bond acceptors (Lipinski definition) is 4. The van der Waals surface area contributed by atoms with E-state index in [9.17, 15) is 5.11 Å². The quantitative estimate of drug-likeness (QED) is 0.941. The van der Waals surface area contributed by atoms with Crippen LogP contribution in [0.2, 0.25) is 5.02 Å². The fraction of sp³-hybridized carbons (Fsp3) is 0.353. The van der Waals surface area contributed by atoms with Gasteiger partial charge in [0.1, 0.15) is 0 Å². The van der Waals surface area contributed by atoms with E-state index >= 15 is 0 Å². The van der Waals surface area contributed by atoms with E-state index in [1.165, 1.54) is 5.69 Å². The number of nitrogens with zero attached hydrogens (tertiary/aromatic N) is 3. The maximum absolute atomic E-state index is 10.4. The molecule has 4 nitrogen and oxygen atoms in total. The van der Waals surface area contributed by atoms with Gasteiger partial charge in [-0.15, -0.1) is 0 Å². The molecular formula is C17H20ClN3O. The third-order valence-electron chi connectivity index (χ3n) is 4.10. The first-order valence-corrected chi connectivity index (χ1v) is 7.91. The van der Waals surface area contributed by atoms with Gasteiger partial charge in [0, 0.05) is 61.4 Å². The lowest BCUT2D eigenvalue weighted by atomic mass is 10.1. The largest absolute Gasteiger partial charge is 0.387 e. The third kappa shape index (κ3) is 3.58. The molecule has 0 bridgehead atoms. The van der Waals surface area contributed by atoms with Crippen molar-refractivity contribution in [3.63, 3.8) is 0 Å². The number of anilines is 1. The van der Waals surface area contributed by atoms with Crippen molar-refractivity contribution in [2.45, 2.75) is 6.10 Å². The van der Waals surface area contributed by atoms with Crippen LogP contribution < -0.4 is 4.90 Å². The minimum Gasteiger partial charge on any atom is -0.387 e. The molecule has 2 aromatic rings. The number of piperazine rings is 1. The van der Waals surface area contributed by atoms with Gasteiger partial charge in [0.15, 0.2) is 0 Å². The monoisotopic (exact) mass is 317 g/mol. The second-order valence-electron chi connectivity index (χ2n) is 5.53. The Morgan fingerprint density at radius 3 is 2.41 bits per heavy atom. The van der Waals surface area contributed by atoms with E-state index < -0.39 is 6.10 Å². The van der Waals surface area contributed by atoms with Crippen molar-refractivity contribution in [1.82, 2.24) is 9.88 Å². The predicted molar refractivity (Wildman–Crippen MR) is 89.3 cm³/mol. The number of hydrogen-bond donors (Lipinski definition) is 1. The van der Waals surface area contributed by atoms with Crippen molar-refractivity contribution in [3.8, 4) is 0 Å². The van der Waals surface area contributed by atoms with Gasteiger partial charge < -0.3 is 10.0 Å². The van der Waals surface area contributed by atoms with Crippen LogP contribution in [0.15, 0.2) is 48.8 Å². The van der Waals surface area contributed by atoms with E-state index in [1.807, 2.05) is 48.8 Å². The first-order valence-electron chi connectivity index (χ1n) is 7.54. The normalized spacial score (nSPS) is 17.5. The zero-order chi connectivity index (χ0) is 15.4. The molecule has 0 spiro atoms. The molecule has 116 valence electrons. The molecule has 0 saturated carbocycles. The highest BCUT2D eigenvalue weighted by atomic mass is 35.5. The van der Waals surface area contributed by atoms with Crippen LogP contribution >= 0.6 is 11.6 Å². The molecule has 1 N–H and O–H groups in total. The van der Waals surface area contributed by atoms with Gasteiger partial charge in [0.05, 0.1) is 6.10 Å². The van der Waals surface area contributed by atoms with Crippen molar-refractivity contribution in [3.05, 3.63) is 59.4 Å². The smallest absolute Gasteiger partial charge is 0.0931 e. The van der Waals surface area contributed by atoms with Crippen molar-refractivity contribution in [1.29, 1.82) is 0 Å². The Morgan fingerprint density at radius 2 is 1.73 bits per heavy atom. The fourth-order valence-electron chi connectivity index (χ4n) is 2.83. The van der Waals surface area contributed by atoms with Gasteiger partial charge in [0.25, 0.3) is 0 Å². The van der Waals surface area contributed by atoms with E-state index in [-0.39, 0.29) is 0 Å². The van der Waals surface area contributed by atoms with Crippen LogP contribution in [-0.4, -0.2) is 47.7 Å². The molecule has 5 heteroatoms. The first kappa shape index (κ1) is 15.3. The topological polar surface area (TPSA) is 39.6 Å². The molecule has 1 aromatic carbocycles. The van der Waals surface area contributed by atoms with Crippen LogP contribution in [0.1, 0.15) is 11.7 Å². The maximum Gasteiger partial charge on any atom is 0.0931 e. The summed E-state index contributed by atoms with van der Waals surface area (Å²) in [6.45, 7) is 4.40. The second-order valence-corrected chi connectivity index (χ2v) is 5.94. The van der Waals surface area contributed by atoms with Gasteiger partial charge in [-0.1, -0.05) is 29.8 Å².